The van der Waals surface area contributed by atoms with Crippen molar-refractivity contribution >= 4 is 22.8 Å². The van der Waals surface area contributed by atoms with Gasteiger partial charge in [0, 0.05) is 18.5 Å². The highest BCUT2D eigenvalue weighted by atomic mass is 15.2. The van der Waals surface area contributed by atoms with Crippen molar-refractivity contribution in [2.45, 2.75) is 13.0 Å². The summed E-state index contributed by atoms with van der Waals surface area (Å²) in [5.74, 6) is 1.85. The van der Waals surface area contributed by atoms with Gasteiger partial charge in [-0.25, -0.2) is 19.9 Å². The summed E-state index contributed by atoms with van der Waals surface area (Å²) in [6, 6.07) is 9.22. The maximum Gasteiger partial charge on any atom is 0.164 e. The molecule has 4 rings (SSSR count). The molecule has 124 valence electrons. The summed E-state index contributed by atoms with van der Waals surface area (Å²) < 4.78 is 1.99. The third-order valence-electron chi connectivity index (χ3n) is 3.79. The van der Waals surface area contributed by atoms with Crippen molar-refractivity contribution in [1.82, 2.24) is 29.5 Å². The van der Waals surface area contributed by atoms with Gasteiger partial charge in [0.1, 0.15) is 29.3 Å². The van der Waals surface area contributed by atoms with Crippen LogP contribution in [0.1, 0.15) is 18.8 Å². The normalized spacial score (nSPS) is 12.2. The van der Waals surface area contributed by atoms with Gasteiger partial charge in [-0.05, 0) is 31.2 Å². The molecule has 0 aliphatic carbocycles. The predicted octanol–water partition coefficient (Wildman–Crippen LogP) is 2.36. The fourth-order valence-corrected chi connectivity index (χ4v) is 2.70. The zero-order valence-corrected chi connectivity index (χ0v) is 13.5. The maximum atomic E-state index is 5.73. The van der Waals surface area contributed by atoms with Crippen molar-refractivity contribution in [3.8, 4) is 5.69 Å². The van der Waals surface area contributed by atoms with Crippen LogP contribution in [-0.2, 0) is 0 Å². The molecular weight excluding hydrogens is 316 g/mol. The van der Waals surface area contributed by atoms with Crippen LogP contribution in [0.15, 0.2) is 55.2 Å². The summed E-state index contributed by atoms with van der Waals surface area (Å²) in [4.78, 5) is 21.5. The van der Waals surface area contributed by atoms with Crippen molar-refractivity contribution in [2.75, 3.05) is 11.1 Å². The van der Waals surface area contributed by atoms with E-state index in [2.05, 4.69) is 25.3 Å². The molecule has 4 aromatic heterocycles. The standard InChI is InChI=1S/C17H16N8/c1-11(23-15-8-14(18)21-10-22-15)16-24-13-5-3-7-20-17(13)25(16)12-4-2-6-19-9-12/h2-11H,1H3,(H3,18,21,22,23)/t11-/m0/s1. The molecule has 1 atom stereocenters. The Kier molecular flexibility index (Phi) is 3.70. The monoisotopic (exact) mass is 332 g/mol. The van der Waals surface area contributed by atoms with Gasteiger partial charge in [0.2, 0.25) is 0 Å². The van der Waals surface area contributed by atoms with Gasteiger partial charge in [-0.3, -0.25) is 9.55 Å². The van der Waals surface area contributed by atoms with Crippen LogP contribution < -0.4 is 11.1 Å². The van der Waals surface area contributed by atoms with E-state index in [0.717, 1.165) is 22.7 Å². The van der Waals surface area contributed by atoms with Crippen LogP contribution in [0, 0.1) is 0 Å². The maximum absolute atomic E-state index is 5.73. The summed E-state index contributed by atoms with van der Waals surface area (Å²) >= 11 is 0. The summed E-state index contributed by atoms with van der Waals surface area (Å²) in [5, 5.41) is 3.31. The fraction of sp³-hybridized carbons (Fsp3) is 0.118. The average molecular weight is 332 g/mol. The minimum Gasteiger partial charge on any atom is -0.384 e. The van der Waals surface area contributed by atoms with E-state index in [4.69, 9.17) is 10.7 Å². The smallest absolute Gasteiger partial charge is 0.164 e. The zero-order chi connectivity index (χ0) is 17.2. The van der Waals surface area contributed by atoms with E-state index in [1.54, 1.807) is 24.7 Å². The number of anilines is 2. The molecule has 0 bridgehead atoms. The Balaban J connectivity index is 1.81. The fourth-order valence-electron chi connectivity index (χ4n) is 2.70. The van der Waals surface area contributed by atoms with Crippen molar-refractivity contribution < 1.29 is 0 Å². The van der Waals surface area contributed by atoms with Crippen molar-refractivity contribution in [1.29, 1.82) is 0 Å². The lowest BCUT2D eigenvalue weighted by atomic mass is 10.3. The van der Waals surface area contributed by atoms with Gasteiger partial charge in [-0.15, -0.1) is 0 Å². The summed E-state index contributed by atoms with van der Waals surface area (Å²) in [7, 11) is 0. The first kappa shape index (κ1) is 15.0. The van der Waals surface area contributed by atoms with Crippen LogP contribution in [0.2, 0.25) is 0 Å². The van der Waals surface area contributed by atoms with E-state index in [1.807, 2.05) is 35.8 Å². The number of rotatable bonds is 4. The van der Waals surface area contributed by atoms with Gasteiger partial charge in [-0.1, -0.05) is 0 Å². The van der Waals surface area contributed by atoms with E-state index in [9.17, 15) is 0 Å². The number of nitrogens with zero attached hydrogens (tertiary/aromatic N) is 6. The quantitative estimate of drug-likeness (QED) is 0.590. The Bertz CT molecular complexity index is 1010. The van der Waals surface area contributed by atoms with Crippen LogP contribution in [0.5, 0.6) is 0 Å². The van der Waals surface area contributed by atoms with Gasteiger partial charge in [0.25, 0.3) is 0 Å². The topological polar surface area (TPSA) is 107 Å². The zero-order valence-electron chi connectivity index (χ0n) is 13.5. The molecule has 0 amide bonds. The van der Waals surface area contributed by atoms with Crippen molar-refractivity contribution in [2.24, 2.45) is 0 Å². The molecule has 0 radical (unpaired) electrons. The van der Waals surface area contributed by atoms with Gasteiger partial charge >= 0.3 is 0 Å². The van der Waals surface area contributed by atoms with E-state index in [1.165, 1.54) is 6.33 Å². The second-order valence-electron chi connectivity index (χ2n) is 5.56. The Morgan fingerprint density at radius 2 is 2.00 bits per heavy atom. The highest BCUT2D eigenvalue weighted by Crippen LogP contribution is 2.25. The molecule has 4 heterocycles. The van der Waals surface area contributed by atoms with Crippen LogP contribution in [0.4, 0.5) is 11.6 Å². The highest BCUT2D eigenvalue weighted by molar-refractivity contribution is 5.74. The molecule has 0 unspecified atom stereocenters. The second kappa shape index (κ2) is 6.16. The largest absolute Gasteiger partial charge is 0.384 e. The highest BCUT2D eigenvalue weighted by Gasteiger charge is 2.19. The van der Waals surface area contributed by atoms with Crippen molar-refractivity contribution in [3.05, 3.63) is 61.1 Å². The number of aromatic nitrogens is 6. The first-order valence-corrected chi connectivity index (χ1v) is 7.80. The van der Waals surface area contributed by atoms with Gasteiger partial charge in [0.05, 0.1) is 17.9 Å². The predicted molar refractivity (Wildman–Crippen MR) is 95.1 cm³/mol. The van der Waals surface area contributed by atoms with Crippen molar-refractivity contribution in [3.63, 3.8) is 0 Å². The van der Waals surface area contributed by atoms with E-state index in [0.29, 0.717) is 11.6 Å². The minimum absolute atomic E-state index is 0.135. The molecule has 3 N–H and O–H groups in total. The molecule has 0 saturated heterocycles. The number of nitrogens with one attached hydrogen (secondary N) is 1. The minimum atomic E-state index is -0.135. The molecule has 0 saturated carbocycles. The number of fused-ring (bicyclic) bond motifs is 1. The lowest BCUT2D eigenvalue weighted by molar-refractivity contribution is 0.765. The molecule has 25 heavy (non-hydrogen) atoms. The number of imidazole rings is 1. The molecule has 4 aromatic rings. The molecule has 0 fully saturated rings. The summed E-state index contributed by atoms with van der Waals surface area (Å²) in [6.45, 7) is 2.01. The van der Waals surface area contributed by atoms with E-state index in [-0.39, 0.29) is 6.04 Å². The van der Waals surface area contributed by atoms with Gasteiger partial charge in [0.15, 0.2) is 5.65 Å². The Labute approximate surface area is 143 Å². The number of pyridine rings is 2. The number of nitrogens with two attached hydrogens (primary N) is 1. The summed E-state index contributed by atoms with van der Waals surface area (Å²) in [5.41, 5.74) is 8.22. The Hall–Kier alpha value is -3.55. The Morgan fingerprint density at radius 1 is 1.12 bits per heavy atom. The van der Waals surface area contributed by atoms with Gasteiger partial charge < -0.3 is 11.1 Å². The number of hydrogen-bond acceptors (Lipinski definition) is 7. The lowest BCUT2D eigenvalue weighted by Gasteiger charge is -2.16. The average Bonchev–Trinajstić information content (AvgIpc) is 3.02. The second-order valence-corrected chi connectivity index (χ2v) is 5.56. The van der Waals surface area contributed by atoms with Gasteiger partial charge in [-0.2, -0.15) is 0 Å². The Morgan fingerprint density at radius 3 is 2.80 bits per heavy atom. The number of nitrogen functional groups attached to an aromatic ring is 1. The van der Waals surface area contributed by atoms with E-state index < -0.39 is 0 Å². The molecule has 0 aromatic carbocycles. The van der Waals surface area contributed by atoms with Crippen LogP contribution in [0.3, 0.4) is 0 Å². The molecule has 0 aliphatic rings. The number of hydrogen-bond donors (Lipinski definition) is 2. The third kappa shape index (κ3) is 2.85. The molecule has 8 heteroatoms. The first-order valence-electron chi connectivity index (χ1n) is 7.80. The summed E-state index contributed by atoms with van der Waals surface area (Å²) in [6.07, 6.45) is 6.70. The molecule has 0 spiro atoms. The molecule has 0 aliphatic heterocycles. The third-order valence-corrected chi connectivity index (χ3v) is 3.79. The van der Waals surface area contributed by atoms with Crippen LogP contribution >= 0.6 is 0 Å². The first-order chi connectivity index (χ1) is 12.2. The molecular formula is C17H16N8. The van der Waals surface area contributed by atoms with E-state index >= 15 is 0 Å². The van der Waals surface area contributed by atoms with Crippen LogP contribution in [0.25, 0.3) is 16.9 Å². The SMILES string of the molecule is C[C@H](Nc1cc(N)ncn1)c1nc2cccnc2n1-c1cccnc1. The molecule has 8 nitrogen and oxygen atoms in total. The van der Waals surface area contributed by atoms with Crippen LogP contribution in [-0.4, -0.2) is 29.5 Å². The lowest BCUT2D eigenvalue weighted by Crippen LogP contribution is -2.14.